The highest BCUT2D eigenvalue weighted by Gasteiger charge is 1.96. The molecular formula is C28H52N2O2. The minimum absolute atomic E-state index is 0.332. The summed E-state index contributed by atoms with van der Waals surface area (Å²) in [5, 5.41) is 8.51. The van der Waals surface area contributed by atoms with Crippen LogP contribution in [0.3, 0.4) is 0 Å². The topological polar surface area (TPSA) is 55.1 Å². The van der Waals surface area contributed by atoms with Crippen molar-refractivity contribution in [1.82, 2.24) is 9.55 Å². The molecule has 0 atom stereocenters. The van der Waals surface area contributed by atoms with Crippen molar-refractivity contribution in [2.45, 2.75) is 142 Å². The van der Waals surface area contributed by atoms with Crippen molar-refractivity contribution in [2.75, 3.05) is 0 Å². The van der Waals surface area contributed by atoms with Crippen LogP contribution < -0.4 is 0 Å². The molecule has 1 aromatic rings. The van der Waals surface area contributed by atoms with Gasteiger partial charge in [0.05, 0.1) is 6.33 Å². The molecule has 0 bridgehead atoms. The lowest BCUT2D eigenvalue weighted by atomic mass is 10.1. The number of rotatable bonds is 21. The van der Waals surface area contributed by atoms with Gasteiger partial charge in [0.25, 0.3) is 0 Å². The Hall–Kier alpha value is -1.58. The van der Waals surface area contributed by atoms with E-state index in [0.29, 0.717) is 6.42 Å². The lowest BCUT2D eigenvalue weighted by Crippen LogP contribution is -1.93. The number of carbonyl (C=O) groups is 1. The summed E-state index contributed by atoms with van der Waals surface area (Å²) in [6.45, 7) is 5.63. The fraction of sp³-hybridized carbons (Fsp3) is 0.786. The van der Waals surface area contributed by atoms with Crippen LogP contribution in [0.4, 0.5) is 0 Å². The predicted octanol–water partition coefficient (Wildman–Crippen LogP) is 8.96. The standard InChI is InChI=1S/C18H34O2.C10H18N2/c1-2-3-4-5-6-7-8-9-10-11-12-13-14-15-16-17-18(19)20;1-2-3-4-5-6-8-12-9-7-11-10-12/h9-10H,2-8,11-17H2,1H3,(H,19,20);7,9-10H,2-6,8H2,1H3/b10-9-;. The Morgan fingerprint density at radius 1 is 0.750 bits per heavy atom. The van der Waals surface area contributed by atoms with Crippen LogP contribution in [-0.4, -0.2) is 20.6 Å². The SMILES string of the molecule is CCCCCCCC/C=C\CCCCCCCC(=O)O.CCCCCCCn1ccnc1. The number of aryl methyl sites for hydroxylation is 1. The summed E-state index contributed by atoms with van der Waals surface area (Å²) in [6.07, 6.45) is 33.7. The molecule has 0 saturated carbocycles. The molecule has 0 aliphatic rings. The van der Waals surface area contributed by atoms with E-state index in [1.165, 1.54) is 103 Å². The van der Waals surface area contributed by atoms with E-state index in [0.717, 1.165) is 19.4 Å². The number of hydrogen-bond acceptors (Lipinski definition) is 2. The second-order valence-electron chi connectivity index (χ2n) is 8.94. The highest BCUT2D eigenvalue weighted by atomic mass is 16.4. The van der Waals surface area contributed by atoms with Crippen LogP contribution in [0.1, 0.15) is 136 Å². The number of imidazole rings is 1. The molecule has 0 saturated heterocycles. The Balaban J connectivity index is 0.000000677. The molecule has 1 heterocycles. The molecule has 0 spiro atoms. The molecular weight excluding hydrogens is 396 g/mol. The summed E-state index contributed by atoms with van der Waals surface area (Å²) in [7, 11) is 0. The van der Waals surface area contributed by atoms with E-state index >= 15 is 0 Å². The molecule has 1 N–H and O–H groups in total. The molecule has 0 amide bonds. The van der Waals surface area contributed by atoms with E-state index in [2.05, 4.69) is 35.6 Å². The normalized spacial score (nSPS) is 10.9. The summed E-state index contributed by atoms with van der Waals surface area (Å²) in [5.74, 6) is -0.664. The van der Waals surface area contributed by atoms with Crippen LogP contribution in [0.5, 0.6) is 0 Å². The first-order valence-corrected chi connectivity index (χ1v) is 13.5. The molecule has 4 heteroatoms. The summed E-state index contributed by atoms with van der Waals surface area (Å²) >= 11 is 0. The molecule has 4 nitrogen and oxygen atoms in total. The van der Waals surface area contributed by atoms with Gasteiger partial charge in [-0.25, -0.2) is 4.98 Å². The number of nitrogens with zero attached hydrogens (tertiary/aromatic N) is 2. The van der Waals surface area contributed by atoms with E-state index in [1.807, 2.05) is 18.7 Å². The van der Waals surface area contributed by atoms with Gasteiger partial charge in [-0.3, -0.25) is 4.79 Å². The van der Waals surface area contributed by atoms with Crippen molar-refractivity contribution in [1.29, 1.82) is 0 Å². The Labute approximate surface area is 198 Å². The first kappa shape index (κ1) is 30.4. The number of carboxylic acids is 1. The van der Waals surface area contributed by atoms with Crippen molar-refractivity contribution < 1.29 is 9.90 Å². The van der Waals surface area contributed by atoms with Gasteiger partial charge in [-0.1, -0.05) is 103 Å². The van der Waals surface area contributed by atoms with E-state index in [1.54, 1.807) is 0 Å². The quantitative estimate of drug-likeness (QED) is 0.151. The van der Waals surface area contributed by atoms with Gasteiger partial charge in [-0.2, -0.15) is 0 Å². The number of aromatic nitrogens is 2. The van der Waals surface area contributed by atoms with E-state index in [4.69, 9.17) is 5.11 Å². The number of allylic oxidation sites excluding steroid dienone is 2. The van der Waals surface area contributed by atoms with Crippen molar-refractivity contribution in [2.24, 2.45) is 0 Å². The maximum absolute atomic E-state index is 10.3. The Bertz CT molecular complexity index is 512. The summed E-state index contributed by atoms with van der Waals surface area (Å²) in [4.78, 5) is 14.3. The molecule has 1 rings (SSSR count). The van der Waals surface area contributed by atoms with Gasteiger partial charge in [0, 0.05) is 25.4 Å². The number of hydrogen-bond donors (Lipinski definition) is 1. The summed E-state index contributed by atoms with van der Waals surface area (Å²) in [5.41, 5.74) is 0. The van der Waals surface area contributed by atoms with Crippen molar-refractivity contribution in [3.63, 3.8) is 0 Å². The third-order valence-electron chi connectivity index (χ3n) is 5.73. The van der Waals surface area contributed by atoms with Crippen molar-refractivity contribution in [3.8, 4) is 0 Å². The smallest absolute Gasteiger partial charge is 0.303 e. The summed E-state index contributed by atoms with van der Waals surface area (Å²) < 4.78 is 2.14. The second kappa shape index (κ2) is 25.7. The van der Waals surface area contributed by atoms with Crippen molar-refractivity contribution in [3.05, 3.63) is 30.9 Å². The average Bonchev–Trinajstić information content (AvgIpc) is 3.30. The number of carboxylic acid groups (broad SMARTS) is 1. The molecule has 0 fully saturated rings. The zero-order valence-corrected chi connectivity index (χ0v) is 21.3. The first-order chi connectivity index (χ1) is 15.7. The van der Waals surface area contributed by atoms with Gasteiger partial charge in [-0.15, -0.1) is 0 Å². The minimum Gasteiger partial charge on any atom is -0.481 e. The van der Waals surface area contributed by atoms with Crippen LogP contribution in [0.25, 0.3) is 0 Å². The van der Waals surface area contributed by atoms with Gasteiger partial charge >= 0.3 is 5.97 Å². The van der Waals surface area contributed by atoms with Crippen LogP contribution in [-0.2, 0) is 11.3 Å². The van der Waals surface area contributed by atoms with Crippen LogP contribution in [0.15, 0.2) is 30.9 Å². The Morgan fingerprint density at radius 2 is 1.25 bits per heavy atom. The lowest BCUT2D eigenvalue weighted by molar-refractivity contribution is -0.137. The highest BCUT2D eigenvalue weighted by Crippen LogP contribution is 2.10. The molecule has 0 aliphatic carbocycles. The summed E-state index contributed by atoms with van der Waals surface area (Å²) in [6, 6.07) is 0. The van der Waals surface area contributed by atoms with Crippen LogP contribution >= 0.6 is 0 Å². The molecule has 32 heavy (non-hydrogen) atoms. The highest BCUT2D eigenvalue weighted by molar-refractivity contribution is 5.66. The molecule has 0 unspecified atom stereocenters. The van der Waals surface area contributed by atoms with Gasteiger partial charge < -0.3 is 9.67 Å². The molecule has 186 valence electrons. The van der Waals surface area contributed by atoms with Crippen LogP contribution in [0, 0.1) is 0 Å². The minimum atomic E-state index is -0.664. The number of aliphatic carboxylic acids is 1. The molecule has 0 aliphatic heterocycles. The predicted molar refractivity (Wildman–Crippen MR) is 138 cm³/mol. The first-order valence-electron chi connectivity index (χ1n) is 13.5. The molecule has 0 aromatic carbocycles. The third kappa shape index (κ3) is 24.7. The maximum atomic E-state index is 10.3. The van der Waals surface area contributed by atoms with E-state index < -0.39 is 5.97 Å². The van der Waals surface area contributed by atoms with Crippen molar-refractivity contribution >= 4 is 5.97 Å². The lowest BCUT2D eigenvalue weighted by Gasteiger charge is -2.00. The number of unbranched alkanes of at least 4 members (excludes halogenated alkanes) is 15. The maximum Gasteiger partial charge on any atom is 0.303 e. The van der Waals surface area contributed by atoms with Gasteiger partial charge in [-0.05, 0) is 38.5 Å². The zero-order valence-electron chi connectivity index (χ0n) is 21.3. The molecule has 1 aromatic heterocycles. The fourth-order valence-corrected chi connectivity index (χ4v) is 3.66. The van der Waals surface area contributed by atoms with Gasteiger partial charge in [0.15, 0.2) is 0 Å². The van der Waals surface area contributed by atoms with Gasteiger partial charge in [0.1, 0.15) is 0 Å². The Morgan fingerprint density at radius 3 is 1.75 bits per heavy atom. The third-order valence-corrected chi connectivity index (χ3v) is 5.73. The zero-order chi connectivity index (χ0) is 23.5. The largest absolute Gasteiger partial charge is 0.481 e. The molecule has 0 radical (unpaired) electrons. The average molecular weight is 449 g/mol. The second-order valence-corrected chi connectivity index (χ2v) is 8.94. The fourth-order valence-electron chi connectivity index (χ4n) is 3.66. The van der Waals surface area contributed by atoms with Crippen LogP contribution in [0.2, 0.25) is 0 Å². The van der Waals surface area contributed by atoms with E-state index in [9.17, 15) is 4.79 Å². The van der Waals surface area contributed by atoms with E-state index in [-0.39, 0.29) is 0 Å². The Kier molecular flexibility index (Phi) is 24.4. The van der Waals surface area contributed by atoms with Gasteiger partial charge in [0.2, 0.25) is 0 Å². The monoisotopic (exact) mass is 448 g/mol.